The Labute approximate surface area is 129 Å². The van der Waals surface area contributed by atoms with Crippen molar-refractivity contribution < 1.29 is 16.8 Å². The number of thiocarbonyl (C=S) groups is 1. The number of sulfone groups is 1. The highest BCUT2D eigenvalue weighted by Crippen LogP contribution is 2.17. The predicted molar refractivity (Wildman–Crippen MR) is 82.2 cm³/mol. The Morgan fingerprint density at radius 2 is 2.00 bits per heavy atom. The minimum atomic E-state index is -3.76. The lowest BCUT2D eigenvalue weighted by Crippen LogP contribution is -2.33. The van der Waals surface area contributed by atoms with Crippen LogP contribution in [0, 0.1) is 0 Å². The second-order valence-electron chi connectivity index (χ2n) is 4.65. The van der Waals surface area contributed by atoms with Gasteiger partial charge in [-0.25, -0.2) is 16.8 Å². The molecule has 0 saturated carbocycles. The zero-order valence-corrected chi connectivity index (χ0v) is 13.5. The topological polar surface area (TPSA) is 110 Å². The van der Waals surface area contributed by atoms with Gasteiger partial charge in [-0.2, -0.15) is 4.31 Å². The van der Waals surface area contributed by atoms with Crippen LogP contribution in [0.25, 0.3) is 0 Å². The van der Waals surface area contributed by atoms with Gasteiger partial charge in [0.05, 0.1) is 17.2 Å². The molecule has 0 aromatic carbocycles. The van der Waals surface area contributed by atoms with Crippen molar-refractivity contribution in [2.75, 3.05) is 24.6 Å². The number of sulfonamides is 1. The van der Waals surface area contributed by atoms with E-state index in [1.807, 2.05) is 0 Å². The van der Waals surface area contributed by atoms with Gasteiger partial charge in [-0.1, -0.05) is 12.2 Å². The minimum absolute atomic E-state index is 0.00166. The van der Waals surface area contributed by atoms with Crippen molar-refractivity contribution in [3.63, 3.8) is 0 Å². The summed E-state index contributed by atoms with van der Waals surface area (Å²) >= 11 is 4.76. The first-order valence-electron chi connectivity index (χ1n) is 6.19. The number of nitrogens with zero attached hydrogens (tertiary/aromatic N) is 2. The van der Waals surface area contributed by atoms with Gasteiger partial charge in [-0.05, 0) is 18.6 Å². The molecule has 0 aliphatic carbocycles. The van der Waals surface area contributed by atoms with Crippen LogP contribution in [0.15, 0.2) is 23.2 Å². The van der Waals surface area contributed by atoms with Gasteiger partial charge in [-0.15, -0.1) is 0 Å². The summed E-state index contributed by atoms with van der Waals surface area (Å²) in [5, 5.41) is 0. The Hall–Kier alpha value is -1.10. The fraction of sp³-hybridized carbons (Fsp3) is 0.455. The maximum Gasteiger partial charge on any atom is 0.244 e. The number of nitrogens with two attached hydrogens (primary N) is 1. The molecule has 2 N–H and O–H groups in total. The second-order valence-corrected chi connectivity index (χ2v) is 9.33. The maximum atomic E-state index is 12.5. The van der Waals surface area contributed by atoms with Gasteiger partial charge in [0.1, 0.15) is 9.88 Å². The molecule has 1 aliphatic rings. The van der Waals surface area contributed by atoms with E-state index in [4.69, 9.17) is 18.0 Å². The van der Waals surface area contributed by atoms with Gasteiger partial charge < -0.3 is 5.73 Å². The highest BCUT2D eigenvalue weighted by atomic mass is 32.2. The summed E-state index contributed by atoms with van der Waals surface area (Å²) in [7, 11) is -6.92. The van der Waals surface area contributed by atoms with E-state index in [1.165, 1.54) is 22.6 Å². The first-order valence-corrected chi connectivity index (χ1v) is 9.86. The standard InChI is InChI=1S/C11H15N3O4S3/c12-11(19)10-3-2-9(8-13-10)21(17,18)14-4-1-6-20(15,16)7-5-14/h2-3,8H,1,4-7H2,(H2,12,19). The van der Waals surface area contributed by atoms with Gasteiger partial charge in [-0.3, -0.25) is 4.98 Å². The van der Waals surface area contributed by atoms with E-state index < -0.39 is 19.9 Å². The summed E-state index contributed by atoms with van der Waals surface area (Å²) in [5.41, 5.74) is 5.74. The Bertz CT molecular complexity index is 741. The molecular formula is C11H15N3O4S3. The molecule has 0 unspecified atom stereocenters. The van der Waals surface area contributed by atoms with Crippen molar-refractivity contribution in [1.29, 1.82) is 0 Å². The minimum Gasteiger partial charge on any atom is -0.388 e. The van der Waals surface area contributed by atoms with Crippen LogP contribution in [0.5, 0.6) is 0 Å². The van der Waals surface area contributed by atoms with E-state index in [9.17, 15) is 16.8 Å². The molecule has 2 heterocycles. The Balaban J connectivity index is 2.27. The normalized spacial score (nSPS) is 19.8. The van der Waals surface area contributed by atoms with Crippen molar-refractivity contribution >= 4 is 37.1 Å². The van der Waals surface area contributed by atoms with Gasteiger partial charge >= 0.3 is 0 Å². The molecule has 0 spiro atoms. The summed E-state index contributed by atoms with van der Waals surface area (Å²) in [6.07, 6.45) is 1.48. The number of pyridine rings is 1. The predicted octanol–water partition coefficient (Wildman–Crippen LogP) is -0.475. The van der Waals surface area contributed by atoms with Crippen molar-refractivity contribution in [3.05, 3.63) is 24.0 Å². The monoisotopic (exact) mass is 349 g/mol. The Kier molecular flexibility index (Phi) is 4.61. The van der Waals surface area contributed by atoms with Crippen LogP contribution in [-0.4, -0.2) is 55.7 Å². The fourth-order valence-electron chi connectivity index (χ4n) is 1.98. The van der Waals surface area contributed by atoms with Crippen molar-refractivity contribution in [3.8, 4) is 0 Å². The van der Waals surface area contributed by atoms with E-state index in [2.05, 4.69) is 4.98 Å². The van der Waals surface area contributed by atoms with E-state index in [0.717, 1.165) is 0 Å². The van der Waals surface area contributed by atoms with Gasteiger partial charge in [0.2, 0.25) is 10.0 Å². The van der Waals surface area contributed by atoms with Crippen molar-refractivity contribution in [2.24, 2.45) is 5.73 Å². The largest absolute Gasteiger partial charge is 0.388 e. The summed E-state index contributed by atoms with van der Waals surface area (Å²) in [5.74, 6) is -0.151. The van der Waals surface area contributed by atoms with Crippen LogP contribution in [-0.2, 0) is 19.9 Å². The van der Waals surface area contributed by atoms with Gasteiger partial charge in [0, 0.05) is 19.3 Å². The number of hydrogen-bond acceptors (Lipinski definition) is 6. The third-order valence-corrected chi connectivity index (χ3v) is 6.95. The molecule has 0 radical (unpaired) electrons. The first-order chi connectivity index (χ1) is 9.72. The molecule has 116 valence electrons. The van der Waals surface area contributed by atoms with Gasteiger partial charge in [0.25, 0.3) is 0 Å². The molecule has 7 nitrogen and oxygen atoms in total. The highest BCUT2D eigenvalue weighted by Gasteiger charge is 2.29. The van der Waals surface area contributed by atoms with E-state index in [0.29, 0.717) is 12.1 Å². The quantitative estimate of drug-likeness (QED) is 0.734. The molecular weight excluding hydrogens is 334 g/mol. The summed E-state index contributed by atoms with van der Waals surface area (Å²) in [4.78, 5) is 3.99. The van der Waals surface area contributed by atoms with E-state index in [1.54, 1.807) is 0 Å². The average Bonchev–Trinajstić information content (AvgIpc) is 2.60. The van der Waals surface area contributed by atoms with Crippen LogP contribution >= 0.6 is 12.2 Å². The third kappa shape index (κ3) is 3.76. The SMILES string of the molecule is NC(=S)c1ccc(S(=O)(=O)N2CCCS(=O)(=O)CC2)cn1. The molecule has 1 aromatic rings. The zero-order valence-electron chi connectivity index (χ0n) is 11.1. The van der Waals surface area contributed by atoms with Crippen LogP contribution < -0.4 is 5.73 Å². The lowest BCUT2D eigenvalue weighted by Gasteiger charge is -2.19. The molecule has 1 aliphatic heterocycles. The maximum absolute atomic E-state index is 12.5. The molecule has 1 aromatic heterocycles. The fourth-order valence-corrected chi connectivity index (χ4v) is 4.92. The smallest absolute Gasteiger partial charge is 0.244 e. The van der Waals surface area contributed by atoms with Crippen LogP contribution in [0.4, 0.5) is 0 Å². The summed E-state index contributed by atoms with van der Waals surface area (Å²) in [6, 6.07) is 2.81. The second kappa shape index (κ2) is 5.95. The van der Waals surface area contributed by atoms with E-state index >= 15 is 0 Å². The van der Waals surface area contributed by atoms with Crippen LogP contribution in [0.1, 0.15) is 12.1 Å². The zero-order chi connectivity index (χ0) is 15.7. The molecule has 10 heteroatoms. The molecule has 1 saturated heterocycles. The number of aromatic nitrogens is 1. The van der Waals surface area contributed by atoms with E-state index in [-0.39, 0.29) is 34.5 Å². The summed E-state index contributed by atoms with van der Waals surface area (Å²) in [6.45, 7) is 0.139. The number of hydrogen-bond donors (Lipinski definition) is 1. The molecule has 0 amide bonds. The van der Waals surface area contributed by atoms with Gasteiger partial charge in [0.15, 0.2) is 9.84 Å². The Morgan fingerprint density at radius 1 is 1.29 bits per heavy atom. The van der Waals surface area contributed by atoms with Crippen molar-refractivity contribution in [2.45, 2.75) is 11.3 Å². The van der Waals surface area contributed by atoms with Crippen LogP contribution in [0.3, 0.4) is 0 Å². The highest BCUT2D eigenvalue weighted by molar-refractivity contribution is 7.91. The third-order valence-electron chi connectivity index (χ3n) is 3.14. The molecule has 2 rings (SSSR count). The molecule has 0 atom stereocenters. The average molecular weight is 349 g/mol. The van der Waals surface area contributed by atoms with Crippen molar-refractivity contribution in [1.82, 2.24) is 9.29 Å². The lowest BCUT2D eigenvalue weighted by atomic mass is 10.3. The van der Waals surface area contributed by atoms with Crippen LogP contribution in [0.2, 0.25) is 0 Å². The Morgan fingerprint density at radius 3 is 2.57 bits per heavy atom. The summed E-state index contributed by atoms with van der Waals surface area (Å²) < 4.78 is 49.2. The molecule has 21 heavy (non-hydrogen) atoms. The number of rotatable bonds is 3. The molecule has 1 fully saturated rings. The molecule has 0 bridgehead atoms. The first kappa shape index (κ1) is 16.3. The lowest BCUT2D eigenvalue weighted by molar-refractivity contribution is 0.434.